The molecule has 0 aromatic carbocycles. The van der Waals surface area contributed by atoms with Crippen molar-refractivity contribution >= 4 is 15.9 Å². The van der Waals surface area contributed by atoms with Crippen molar-refractivity contribution in [2.45, 2.75) is 12.6 Å². The number of aromatic amines is 1. The summed E-state index contributed by atoms with van der Waals surface area (Å²) < 4.78 is 60.7. The van der Waals surface area contributed by atoms with Crippen molar-refractivity contribution in [1.82, 2.24) is 4.98 Å². The van der Waals surface area contributed by atoms with Crippen molar-refractivity contribution in [3.05, 3.63) is 32.2 Å². The number of halogens is 6. The van der Waals surface area contributed by atoms with Gasteiger partial charge in [-0.15, -0.1) is 0 Å². The average Bonchev–Trinajstić information content (AvgIpc) is 1.99. The highest BCUT2D eigenvalue weighted by atomic mass is 79.9. The van der Waals surface area contributed by atoms with E-state index in [1.54, 1.807) is 0 Å². The van der Waals surface area contributed by atoms with Crippen LogP contribution in [0.4, 0.5) is 22.0 Å². The summed E-state index contributed by atoms with van der Waals surface area (Å²) in [7, 11) is 0. The molecule has 2 nitrogen and oxygen atoms in total. The molecule has 8 heteroatoms. The van der Waals surface area contributed by atoms with Gasteiger partial charge in [-0.25, -0.2) is 8.78 Å². The zero-order valence-electron chi connectivity index (χ0n) is 6.83. The second-order valence-corrected chi connectivity index (χ2v) is 3.37. The average molecular weight is 292 g/mol. The first kappa shape index (κ1) is 12.2. The molecule has 0 aliphatic carbocycles. The minimum Gasteiger partial charge on any atom is -0.316 e. The SMILES string of the molecule is O=c1cc(C(F)(F)F)c(C(F)F)c(Br)[nH]1. The van der Waals surface area contributed by atoms with E-state index in [0.29, 0.717) is 0 Å². The van der Waals surface area contributed by atoms with Crippen LogP contribution in [0.15, 0.2) is 15.5 Å². The Hall–Kier alpha value is -0.920. The molecule has 0 unspecified atom stereocenters. The smallest absolute Gasteiger partial charge is 0.316 e. The molecule has 1 N–H and O–H groups in total. The van der Waals surface area contributed by atoms with Gasteiger partial charge >= 0.3 is 6.18 Å². The Morgan fingerprint density at radius 2 is 1.87 bits per heavy atom. The molecule has 0 saturated heterocycles. The molecule has 1 aromatic rings. The molecule has 1 aromatic heterocycles. The maximum absolute atomic E-state index is 12.3. The van der Waals surface area contributed by atoms with Crippen molar-refractivity contribution in [1.29, 1.82) is 0 Å². The largest absolute Gasteiger partial charge is 0.417 e. The van der Waals surface area contributed by atoms with Gasteiger partial charge in [0.15, 0.2) is 0 Å². The van der Waals surface area contributed by atoms with E-state index in [2.05, 4.69) is 15.9 Å². The first-order valence-electron chi connectivity index (χ1n) is 3.51. The molecular formula is C7H3BrF5NO. The molecule has 0 aliphatic rings. The van der Waals surface area contributed by atoms with Crippen molar-refractivity contribution in [2.24, 2.45) is 0 Å². The fraction of sp³-hybridized carbons (Fsp3) is 0.286. The highest BCUT2D eigenvalue weighted by Crippen LogP contribution is 2.37. The van der Waals surface area contributed by atoms with E-state index in [0.717, 1.165) is 0 Å². The van der Waals surface area contributed by atoms with Gasteiger partial charge in [0.05, 0.1) is 15.7 Å². The van der Waals surface area contributed by atoms with Crippen molar-refractivity contribution in [3.8, 4) is 0 Å². The Morgan fingerprint density at radius 3 is 2.27 bits per heavy atom. The summed E-state index contributed by atoms with van der Waals surface area (Å²) in [4.78, 5) is 12.5. The normalized spacial score (nSPS) is 12.2. The lowest BCUT2D eigenvalue weighted by Crippen LogP contribution is -2.17. The highest BCUT2D eigenvalue weighted by Gasteiger charge is 2.37. The Morgan fingerprint density at radius 1 is 1.33 bits per heavy atom. The fourth-order valence-corrected chi connectivity index (χ4v) is 1.57. The van der Waals surface area contributed by atoms with Gasteiger partial charge in [0.25, 0.3) is 6.43 Å². The maximum Gasteiger partial charge on any atom is 0.417 e. The monoisotopic (exact) mass is 291 g/mol. The molecule has 0 saturated carbocycles. The fourth-order valence-electron chi connectivity index (χ4n) is 0.987. The van der Waals surface area contributed by atoms with Crippen LogP contribution in [-0.2, 0) is 6.18 Å². The van der Waals surface area contributed by atoms with Gasteiger partial charge in [-0.05, 0) is 15.9 Å². The zero-order valence-corrected chi connectivity index (χ0v) is 8.42. The molecule has 15 heavy (non-hydrogen) atoms. The van der Waals surface area contributed by atoms with E-state index in [-0.39, 0.29) is 6.07 Å². The molecule has 0 bridgehead atoms. The van der Waals surface area contributed by atoms with Gasteiger partial charge in [0.1, 0.15) is 0 Å². The number of H-pyrrole nitrogens is 1. The number of rotatable bonds is 1. The lowest BCUT2D eigenvalue weighted by Gasteiger charge is -2.12. The van der Waals surface area contributed by atoms with Crippen molar-refractivity contribution < 1.29 is 22.0 Å². The summed E-state index contributed by atoms with van der Waals surface area (Å²) in [6.07, 6.45) is -8.31. The third-order valence-electron chi connectivity index (χ3n) is 1.56. The van der Waals surface area contributed by atoms with E-state index in [1.807, 2.05) is 4.98 Å². The van der Waals surface area contributed by atoms with Gasteiger partial charge < -0.3 is 4.98 Å². The van der Waals surface area contributed by atoms with E-state index in [1.165, 1.54) is 0 Å². The lowest BCUT2D eigenvalue weighted by molar-refractivity contribution is -0.139. The second kappa shape index (κ2) is 3.92. The number of hydrogen-bond donors (Lipinski definition) is 1. The van der Waals surface area contributed by atoms with E-state index >= 15 is 0 Å². The first-order chi connectivity index (χ1) is 6.73. The van der Waals surface area contributed by atoms with Crippen LogP contribution >= 0.6 is 15.9 Å². The minimum absolute atomic E-state index is 0.103. The molecule has 0 aliphatic heterocycles. The standard InChI is InChI=1S/C7H3BrF5NO/c8-5-4(6(9)10)2(7(11,12)13)1-3(15)14-5/h1,6H,(H,14,15). The number of nitrogens with one attached hydrogen (secondary N) is 1. The van der Waals surface area contributed by atoms with Crippen LogP contribution in [0.25, 0.3) is 0 Å². The topological polar surface area (TPSA) is 32.9 Å². The zero-order chi connectivity index (χ0) is 11.8. The van der Waals surface area contributed by atoms with E-state index in [9.17, 15) is 26.7 Å². The number of pyridine rings is 1. The van der Waals surface area contributed by atoms with Crippen LogP contribution in [0.5, 0.6) is 0 Å². The third-order valence-corrected chi connectivity index (χ3v) is 2.18. The molecule has 0 radical (unpaired) electrons. The summed E-state index contributed by atoms with van der Waals surface area (Å²) in [6.45, 7) is 0. The Kier molecular flexibility index (Phi) is 3.17. The number of aromatic nitrogens is 1. The van der Waals surface area contributed by atoms with Gasteiger partial charge in [0, 0.05) is 6.07 Å². The number of alkyl halides is 5. The molecule has 1 heterocycles. The Bertz CT molecular complexity index is 424. The first-order valence-corrected chi connectivity index (χ1v) is 4.31. The summed E-state index contributed by atoms with van der Waals surface area (Å²) in [5, 5.41) is 0. The Labute approximate surface area is 88.2 Å². The predicted molar refractivity (Wildman–Crippen MR) is 44.7 cm³/mol. The molecule has 0 spiro atoms. The van der Waals surface area contributed by atoms with E-state index in [4.69, 9.17) is 0 Å². The molecule has 1 rings (SSSR count). The maximum atomic E-state index is 12.3. The molecular weight excluding hydrogens is 289 g/mol. The summed E-state index contributed by atoms with van der Waals surface area (Å²) in [5.74, 6) is 0. The summed E-state index contributed by atoms with van der Waals surface area (Å²) >= 11 is 2.46. The second-order valence-electron chi connectivity index (χ2n) is 2.57. The van der Waals surface area contributed by atoms with Gasteiger partial charge in [-0.3, -0.25) is 4.79 Å². The quantitative estimate of drug-likeness (QED) is 0.626. The predicted octanol–water partition coefficient (Wildman–Crippen LogP) is 3.09. The lowest BCUT2D eigenvalue weighted by atomic mass is 10.1. The highest BCUT2D eigenvalue weighted by molar-refractivity contribution is 9.10. The molecule has 0 atom stereocenters. The van der Waals surface area contributed by atoms with Crippen molar-refractivity contribution in [2.75, 3.05) is 0 Å². The van der Waals surface area contributed by atoms with Crippen molar-refractivity contribution in [3.63, 3.8) is 0 Å². The summed E-state index contributed by atoms with van der Waals surface area (Å²) in [6, 6.07) is 0.103. The van der Waals surface area contributed by atoms with E-state index < -0.39 is 33.9 Å². The van der Waals surface area contributed by atoms with Crippen LogP contribution in [0.3, 0.4) is 0 Å². The third kappa shape index (κ3) is 2.55. The van der Waals surface area contributed by atoms with Crippen LogP contribution < -0.4 is 5.56 Å². The summed E-state index contributed by atoms with van der Waals surface area (Å²) in [5.41, 5.74) is -3.99. The molecule has 0 amide bonds. The van der Waals surface area contributed by atoms with Crippen LogP contribution in [0.1, 0.15) is 17.6 Å². The van der Waals surface area contributed by atoms with Gasteiger partial charge in [0.2, 0.25) is 5.56 Å². The Balaban J connectivity index is 3.55. The van der Waals surface area contributed by atoms with Gasteiger partial charge in [-0.1, -0.05) is 0 Å². The minimum atomic E-state index is -4.98. The van der Waals surface area contributed by atoms with Crippen LogP contribution in [-0.4, -0.2) is 4.98 Å². The van der Waals surface area contributed by atoms with Gasteiger partial charge in [-0.2, -0.15) is 13.2 Å². The molecule has 0 fully saturated rings. The van der Waals surface area contributed by atoms with Crippen LogP contribution in [0.2, 0.25) is 0 Å². The number of hydrogen-bond acceptors (Lipinski definition) is 1. The molecule has 84 valence electrons. The van der Waals surface area contributed by atoms with Crippen LogP contribution in [0, 0.1) is 0 Å².